The number of nitrogens with two attached hydrogens (primary N) is 1. The van der Waals surface area contributed by atoms with E-state index >= 15 is 0 Å². The number of aryl methyl sites for hydroxylation is 1. The van der Waals surface area contributed by atoms with E-state index in [0.29, 0.717) is 25.4 Å². The van der Waals surface area contributed by atoms with E-state index in [2.05, 4.69) is 9.97 Å². The fourth-order valence-electron chi connectivity index (χ4n) is 1.68. The fourth-order valence-corrected chi connectivity index (χ4v) is 1.82. The molecule has 0 spiro atoms. The van der Waals surface area contributed by atoms with Crippen molar-refractivity contribution >= 4 is 23.0 Å². The van der Waals surface area contributed by atoms with Crippen molar-refractivity contribution < 1.29 is 9.13 Å². The molecule has 1 aliphatic rings. The van der Waals surface area contributed by atoms with E-state index in [0.717, 1.165) is 0 Å². The van der Waals surface area contributed by atoms with Gasteiger partial charge in [-0.05, 0) is 6.92 Å². The van der Waals surface area contributed by atoms with Crippen LogP contribution in [0, 0.1) is 12.7 Å². The topological polar surface area (TPSA) is 64.3 Å². The molecule has 2 rings (SSSR count). The minimum Gasteiger partial charge on any atom is -0.391 e. The van der Waals surface area contributed by atoms with Crippen molar-refractivity contribution in [3.63, 3.8) is 0 Å². The first-order valence-electron chi connectivity index (χ1n) is 5.22. The molecule has 1 unspecified atom stereocenters. The molecule has 0 amide bonds. The molecule has 0 aliphatic carbocycles. The molecule has 1 aromatic heterocycles. The highest BCUT2D eigenvalue weighted by molar-refractivity contribution is 7.80. The average molecular weight is 256 g/mol. The maximum absolute atomic E-state index is 13.8. The highest BCUT2D eigenvalue weighted by Crippen LogP contribution is 2.19. The first-order valence-corrected chi connectivity index (χ1v) is 5.63. The molecule has 5 nitrogen and oxygen atoms in total. The molecule has 92 valence electrons. The van der Waals surface area contributed by atoms with Crippen LogP contribution in [-0.4, -0.2) is 40.8 Å². The van der Waals surface area contributed by atoms with Gasteiger partial charge in [-0.25, -0.2) is 14.4 Å². The Kier molecular flexibility index (Phi) is 3.49. The minimum atomic E-state index is -0.406. The Bertz CT molecular complexity index is 442. The van der Waals surface area contributed by atoms with Crippen LogP contribution in [0.15, 0.2) is 6.33 Å². The number of thiocarbonyl (C=S) groups is 1. The molecule has 1 saturated heterocycles. The molecular weight excluding hydrogens is 243 g/mol. The summed E-state index contributed by atoms with van der Waals surface area (Å²) in [5, 5.41) is 0. The van der Waals surface area contributed by atoms with Gasteiger partial charge in [-0.1, -0.05) is 12.2 Å². The Hall–Kier alpha value is -1.34. The van der Waals surface area contributed by atoms with Gasteiger partial charge in [-0.2, -0.15) is 0 Å². The normalized spacial score (nSPS) is 20.4. The van der Waals surface area contributed by atoms with Crippen LogP contribution in [0.1, 0.15) is 5.69 Å². The predicted octanol–water partition coefficient (Wildman–Crippen LogP) is 0.415. The van der Waals surface area contributed by atoms with E-state index in [1.165, 1.54) is 6.33 Å². The molecule has 7 heteroatoms. The van der Waals surface area contributed by atoms with Gasteiger partial charge in [0.25, 0.3) is 0 Å². The predicted molar refractivity (Wildman–Crippen MR) is 65.5 cm³/mol. The van der Waals surface area contributed by atoms with E-state index in [1.54, 1.807) is 11.8 Å². The first-order chi connectivity index (χ1) is 8.09. The summed E-state index contributed by atoms with van der Waals surface area (Å²) in [6, 6.07) is 0. The van der Waals surface area contributed by atoms with E-state index in [-0.39, 0.29) is 16.9 Å². The van der Waals surface area contributed by atoms with Crippen LogP contribution in [0.2, 0.25) is 0 Å². The monoisotopic (exact) mass is 256 g/mol. The van der Waals surface area contributed by atoms with Crippen molar-refractivity contribution in [2.45, 2.75) is 13.0 Å². The number of hydrogen-bond acceptors (Lipinski definition) is 5. The molecular formula is C10H13FN4OS. The molecule has 0 aromatic carbocycles. The van der Waals surface area contributed by atoms with Crippen LogP contribution in [0.25, 0.3) is 0 Å². The third-order valence-electron chi connectivity index (χ3n) is 2.63. The maximum Gasteiger partial charge on any atom is 0.186 e. The van der Waals surface area contributed by atoms with Crippen molar-refractivity contribution in [2.75, 3.05) is 24.6 Å². The average Bonchev–Trinajstić information content (AvgIpc) is 2.33. The van der Waals surface area contributed by atoms with Crippen molar-refractivity contribution in [1.29, 1.82) is 0 Å². The number of rotatable bonds is 2. The van der Waals surface area contributed by atoms with Crippen LogP contribution in [-0.2, 0) is 4.74 Å². The standard InChI is InChI=1S/C10H13FN4OS/c1-6-8(11)10(14-5-13-6)15-2-3-16-7(4-15)9(12)17/h5,7H,2-4H2,1H3,(H2,12,17). The van der Waals surface area contributed by atoms with Crippen molar-refractivity contribution in [3.05, 3.63) is 17.8 Å². The van der Waals surface area contributed by atoms with E-state index in [4.69, 9.17) is 22.7 Å². The Morgan fingerprint density at radius 3 is 3.12 bits per heavy atom. The number of nitrogens with zero attached hydrogens (tertiary/aromatic N) is 3. The number of morpholine rings is 1. The summed E-state index contributed by atoms with van der Waals surface area (Å²) < 4.78 is 19.2. The molecule has 17 heavy (non-hydrogen) atoms. The van der Waals surface area contributed by atoms with E-state index in [9.17, 15) is 4.39 Å². The summed E-state index contributed by atoms with van der Waals surface area (Å²) in [6.45, 7) is 3.03. The number of anilines is 1. The molecule has 1 aliphatic heterocycles. The van der Waals surface area contributed by atoms with Crippen LogP contribution >= 0.6 is 12.2 Å². The lowest BCUT2D eigenvalue weighted by Gasteiger charge is -2.33. The van der Waals surface area contributed by atoms with Crippen LogP contribution in [0.3, 0.4) is 0 Å². The lowest BCUT2D eigenvalue weighted by molar-refractivity contribution is 0.0841. The highest BCUT2D eigenvalue weighted by Gasteiger charge is 2.25. The Morgan fingerprint density at radius 1 is 1.65 bits per heavy atom. The van der Waals surface area contributed by atoms with Gasteiger partial charge < -0.3 is 15.4 Å². The van der Waals surface area contributed by atoms with Crippen molar-refractivity contribution in [2.24, 2.45) is 5.73 Å². The second-order valence-corrected chi connectivity index (χ2v) is 4.28. The summed E-state index contributed by atoms with van der Waals surface area (Å²) in [7, 11) is 0. The molecule has 0 radical (unpaired) electrons. The van der Waals surface area contributed by atoms with Gasteiger partial charge in [-0.3, -0.25) is 0 Å². The molecule has 0 saturated carbocycles. The van der Waals surface area contributed by atoms with E-state index < -0.39 is 5.82 Å². The summed E-state index contributed by atoms with van der Waals surface area (Å²) in [5.41, 5.74) is 5.86. The van der Waals surface area contributed by atoms with Gasteiger partial charge in [0.15, 0.2) is 11.6 Å². The van der Waals surface area contributed by atoms with Gasteiger partial charge in [0.2, 0.25) is 0 Å². The van der Waals surface area contributed by atoms with Gasteiger partial charge >= 0.3 is 0 Å². The Labute approximate surface area is 104 Å². The number of halogens is 1. The van der Waals surface area contributed by atoms with Crippen molar-refractivity contribution in [1.82, 2.24) is 9.97 Å². The molecule has 1 atom stereocenters. The molecule has 2 heterocycles. The summed E-state index contributed by atoms with van der Waals surface area (Å²) >= 11 is 4.88. The SMILES string of the molecule is Cc1ncnc(N2CCOC(C(N)=S)C2)c1F. The third-order valence-corrected chi connectivity index (χ3v) is 2.89. The lowest BCUT2D eigenvalue weighted by atomic mass is 10.2. The Morgan fingerprint density at radius 2 is 2.41 bits per heavy atom. The van der Waals surface area contributed by atoms with Crippen LogP contribution in [0.4, 0.5) is 10.2 Å². The second-order valence-electron chi connectivity index (χ2n) is 3.80. The van der Waals surface area contributed by atoms with Crippen LogP contribution in [0.5, 0.6) is 0 Å². The molecule has 0 bridgehead atoms. The zero-order valence-corrected chi connectivity index (χ0v) is 10.2. The quantitative estimate of drug-likeness (QED) is 0.773. The van der Waals surface area contributed by atoms with Gasteiger partial charge in [0, 0.05) is 6.54 Å². The number of ether oxygens (including phenoxy) is 1. The molecule has 2 N–H and O–H groups in total. The van der Waals surface area contributed by atoms with Gasteiger partial charge in [0.1, 0.15) is 17.4 Å². The van der Waals surface area contributed by atoms with Gasteiger partial charge in [0.05, 0.1) is 18.8 Å². The summed E-state index contributed by atoms with van der Waals surface area (Å²) in [6.07, 6.45) is 0.993. The summed E-state index contributed by atoms with van der Waals surface area (Å²) in [5.74, 6) is -0.127. The Balaban J connectivity index is 2.22. The minimum absolute atomic E-state index is 0.279. The zero-order chi connectivity index (χ0) is 12.4. The third kappa shape index (κ3) is 2.50. The highest BCUT2D eigenvalue weighted by atomic mass is 32.1. The first kappa shape index (κ1) is 12.1. The van der Waals surface area contributed by atoms with E-state index in [1.807, 2.05) is 0 Å². The molecule has 1 fully saturated rings. The largest absolute Gasteiger partial charge is 0.391 e. The fraction of sp³-hybridized carbons (Fsp3) is 0.500. The lowest BCUT2D eigenvalue weighted by Crippen LogP contribution is -2.48. The number of aromatic nitrogens is 2. The van der Waals surface area contributed by atoms with Crippen LogP contribution < -0.4 is 10.6 Å². The van der Waals surface area contributed by atoms with Gasteiger partial charge in [-0.15, -0.1) is 0 Å². The second kappa shape index (κ2) is 4.89. The zero-order valence-electron chi connectivity index (χ0n) is 9.39. The number of hydrogen-bond donors (Lipinski definition) is 1. The maximum atomic E-state index is 13.8. The van der Waals surface area contributed by atoms with Crippen molar-refractivity contribution in [3.8, 4) is 0 Å². The summed E-state index contributed by atoms with van der Waals surface area (Å²) in [4.78, 5) is 9.80. The molecule has 1 aromatic rings. The smallest absolute Gasteiger partial charge is 0.186 e.